The van der Waals surface area contributed by atoms with Gasteiger partial charge in [-0.15, -0.1) is 0 Å². The third kappa shape index (κ3) is 7.32. The summed E-state index contributed by atoms with van der Waals surface area (Å²) in [6.07, 6.45) is 5.93. The van der Waals surface area contributed by atoms with E-state index in [9.17, 15) is 0 Å². The van der Waals surface area contributed by atoms with Gasteiger partial charge >= 0.3 is 71.5 Å². The molecule has 0 bridgehead atoms. The zero-order valence-electron chi connectivity index (χ0n) is 10.0. The van der Waals surface area contributed by atoms with Crippen LogP contribution in [0.4, 0.5) is 0 Å². The maximum absolute atomic E-state index is 9.10. The maximum atomic E-state index is 9.10. The molecule has 92 valence electrons. The van der Waals surface area contributed by atoms with Crippen molar-refractivity contribution in [3.05, 3.63) is 0 Å². The van der Waals surface area contributed by atoms with E-state index in [1.54, 1.807) is 0 Å². The van der Waals surface area contributed by atoms with Crippen molar-refractivity contribution >= 4 is 19.2 Å². The van der Waals surface area contributed by atoms with Gasteiger partial charge in [-0.2, -0.15) is 0 Å². The monoisotopic (exact) mass is 238 g/mol. The molecule has 0 aliphatic carbocycles. The Morgan fingerprint density at radius 2 is 1.00 bits per heavy atom. The molecule has 15 heavy (non-hydrogen) atoms. The molecule has 0 aromatic carbocycles. The molecule has 0 saturated heterocycles. The molecule has 0 radical (unpaired) electrons. The number of carboxylic acids is 2. The predicted octanol–water partition coefficient (Wildman–Crippen LogP) is 1.97. The van der Waals surface area contributed by atoms with Crippen LogP contribution in [0, 0.1) is 0 Å². The van der Waals surface area contributed by atoms with Gasteiger partial charge in [0.2, 0.25) is 0 Å². The van der Waals surface area contributed by atoms with E-state index in [2.05, 4.69) is 27.7 Å². The molecule has 0 saturated carbocycles. The van der Waals surface area contributed by atoms with Gasteiger partial charge in [-0.3, -0.25) is 0 Å². The molecule has 0 fully saturated rings. The smallest absolute Gasteiger partial charge is 0.414 e. The molecule has 0 aliphatic heterocycles. The van der Waals surface area contributed by atoms with Crippen LogP contribution in [0.3, 0.4) is 0 Å². The summed E-state index contributed by atoms with van der Waals surface area (Å²) in [7, 11) is -0.691. The largest absolute Gasteiger partial charge is 0.473 e. The summed E-state index contributed by atoms with van der Waals surface area (Å²) in [5, 5.41) is 14.8. The molecule has 2 N–H and O–H groups in total. The predicted molar refractivity (Wildman–Crippen MR) is 65.8 cm³/mol. The van der Waals surface area contributed by atoms with Crippen molar-refractivity contribution in [1.29, 1.82) is 0 Å². The van der Waals surface area contributed by atoms with Crippen LogP contribution in [-0.2, 0) is 9.59 Å². The number of carbonyl (C=O) groups is 2. The molecular weight excluding hydrogens is 215 g/mol. The Morgan fingerprint density at radius 1 is 0.800 bits per heavy atom. The van der Waals surface area contributed by atoms with E-state index in [-0.39, 0.29) is 0 Å². The number of carboxylic acid groups (broad SMARTS) is 2. The van der Waals surface area contributed by atoms with Crippen LogP contribution in [0.2, 0.25) is 0 Å². The molecule has 0 aliphatic rings. The van der Waals surface area contributed by atoms with Gasteiger partial charge in [0.15, 0.2) is 0 Å². The average Bonchev–Trinajstić information content (AvgIpc) is 2.23. The Bertz CT molecular complexity index is 170. The second-order valence-electron chi connectivity index (χ2n) is 3.52. The molecule has 0 atom stereocenters. The fourth-order valence-corrected chi connectivity index (χ4v) is 4.50. The van der Waals surface area contributed by atoms with E-state index in [0.717, 1.165) is 0 Å². The normalized spacial score (nSPS) is 11.2. The topological polar surface area (TPSA) is 74.6 Å². The van der Waals surface area contributed by atoms with Crippen LogP contribution in [0.25, 0.3) is 0 Å². The Labute approximate surface area is 92.0 Å². The quantitative estimate of drug-likeness (QED) is 0.580. The van der Waals surface area contributed by atoms with Gasteiger partial charge in [0.1, 0.15) is 0 Å². The Kier molecular flexibility index (Phi) is 9.69. The summed E-state index contributed by atoms with van der Waals surface area (Å²) >= 11 is 0. The molecule has 0 aromatic rings. The molecule has 0 rings (SSSR count). The second kappa shape index (κ2) is 8.66. The minimum atomic E-state index is -1.82. The van der Waals surface area contributed by atoms with Gasteiger partial charge in [-0.25, -0.2) is 9.59 Å². The minimum Gasteiger partial charge on any atom is -0.473 e. The second-order valence-corrected chi connectivity index (χ2v) is 9.35. The SMILES string of the molecule is CC[PH](CC)(CC)CC.O=C(O)C(=O)O. The third-order valence-corrected chi connectivity index (χ3v) is 9.18. The maximum Gasteiger partial charge on any atom is 0.414 e. The Morgan fingerprint density at radius 3 is 1.00 bits per heavy atom. The van der Waals surface area contributed by atoms with Crippen LogP contribution in [0.5, 0.6) is 0 Å². The molecule has 0 heterocycles. The zero-order valence-corrected chi connectivity index (χ0v) is 11.0. The first-order valence-corrected chi connectivity index (χ1v) is 8.18. The molecular formula is C10H23O4P. The molecule has 4 nitrogen and oxygen atoms in total. The summed E-state index contributed by atoms with van der Waals surface area (Å²) < 4.78 is 0. The summed E-state index contributed by atoms with van der Waals surface area (Å²) in [6.45, 7) is 9.46. The fourth-order valence-electron chi connectivity index (χ4n) is 1.50. The van der Waals surface area contributed by atoms with Crippen molar-refractivity contribution in [1.82, 2.24) is 0 Å². The first-order valence-electron chi connectivity index (χ1n) is 5.35. The van der Waals surface area contributed by atoms with Crippen molar-refractivity contribution < 1.29 is 19.8 Å². The van der Waals surface area contributed by atoms with Crippen LogP contribution < -0.4 is 0 Å². The van der Waals surface area contributed by atoms with Gasteiger partial charge in [0.05, 0.1) is 0 Å². The van der Waals surface area contributed by atoms with Crippen LogP contribution >= 0.6 is 7.26 Å². The van der Waals surface area contributed by atoms with Crippen LogP contribution in [0.15, 0.2) is 0 Å². The van der Waals surface area contributed by atoms with Gasteiger partial charge in [-0.05, 0) is 0 Å². The van der Waals surface area contributed by atoms with Gasteiger partial charge < -0.3 is 10.2 Å². The molecule has 5 heteroatoms. The summed E-state index contributed by atoms with van der Waals surface area (Å²) in [4.78, 5) is 18.2. The van der Waals surface area contributed by atoms with E-state index in [1.165, 1.54) is 24.6 Å². The summed E-state index contributed by atoms with van der Waals surface area (Å²) in [5.74, 6) is -3.65. The minimum absolute atomic E-state index is 0.691. The molecule has 0 amide bonds. The molecule has 0 aromatic heterocycles. The van der Waals surface area contributed by atoms with Crippen molar-refractivity contribution in [2.75, 3.05) is 24.6 Å². The fraction of sp³-hybridized carbons (Fsp3) is 0.800. The van der Waals surface area contributed by atoms with Crippen molar-refractivity contribution in [2.24, 2.45) is 0 Å². The van der Waals surface area contributed by atoms with Gasteiger partial charge in [0.25, 0.3) is 0 Å². The van der Waals surface area contributed by atoms with E-state index in [4.69, 9.17) is 19.8 Å². The van der Waals surface area contributed by atoms with Crippen molar-refractivity contribution in [2.45, 2.75) is 27.7 Å². The van der Waals surface area contributed by atoms with Crippen LogP contribution in [-0.4, -0.2) is 46.8 Å². The number of aliphatic carboxylic acids is 2. The average molecular weight is 238 g/mol. The third-order valence-electron chi connectivity index (χ3n) is 3.18. The van der Waals surface area contributed by atoms with E-state index in [0.29, 0.717) is 0 Å². The zero-order chi connectivity index (χ0) is 12.5. The Balaban J connectivity index is 0. The van der Waals surface area contributed by atoms with Crippen molar-refractivity contribution in [3.63, 3.8) is 0 Å². The van der Waals surface area contributed by atoms with E-state index in [1.807, 2.05) is 0 Å². The molecule has 0 unspecified atom stereocenters. The van der Waals surface area contributed by atoms with Gasteiger partial charge in [0, 0.05) is 0 Å². The standard InChI is InChI=1S/C8H21P.C2H2O4/c1-5-9(6-2,7-3)8-4;3-1(4)2(5)6/h9H,5-8H2,1-4H3;(H,3,4)(H,5,6). The van der Waals surface area contributed by atoms with E-state index >= 15 is 0 Å². The van der Waals surface area contributed by atoms with Crippen molar-refractivity contribution in [3.8, 4) is 0 Å². The molecule has 0 spiro atoms. The summed E-state index contributed by atoms with van der Waals surface area (Å²) in [5.41, 5.74) is 0. The van der Waals surface area contributed by atoms with Gasteiger partial charge in [-0.1, -0.05) is 0 Å². The number of hydrogen-bond donors (Lipinski definition) is 2. The summed E-state index contributed by atoms with van der Waals surface area (Å²) in [6, 6.07) is 0. The first kappa shape index (κ1) is 16.8. The van der Waals surface area contributed by atoms with E-state index < -0.39 is 19.2 Å². The number of hydrogen-bond acceptors (Lipinski definition) is 2. The number of rotatable bonds is 4. The Hall–Kier alpha value is -0.630. The first-order chi connectivity index (χ1) is 6.89. The van der Waals surface area contributed by atoms with Crippen LogP contribution in [0.1, 0.15) is 27.7 Å².